The molecule has 0 unspecified atom stereocenters. The number of aromatic nitrogens is 1. The highest BCUT2D eigenvalue weighted by molar-refractivity contribution is 6.21. The summed E-state index contributed by atoms with van der Waals surface area (Å²) in [4.78, 5) is 0. The van der Waals surface area contributed by atoms with E-state index in [1.807, 2.05) is 6.07 Å². The molecule has 2 aliphatic rings. The first kappa shape index (κ1) is 27.2. The van der Waals surface area contributed by atoms with Crippen molar-refractivity contribution in [2.45, 2.75) is 5.41 Å². The Morgan fingerprint density at radius 1 is 0.392 bits per heavy atom. The topological polar surface area (TPSA) is 18.1 Å². The first-order valence-corrected chi connectivity index (χ1v) is 17.7. The second-order valence-corrected chi connectivity index (χ2v) is 14.0. The lowest BCUT2D eigenvalue weighted by Gasteiger charge is -2.30. The number of fused-ring (bicyclic) bond motifs is 17. The SMILES string of the molecule is c1cc(-c2ccc3c(c2)C2(c4ccccc4-c4ccccc42)c2ccccc2-3)cc(-n2c3ccccc3c3ccc4c5ccccc5oc4c32)c1. The van der Waals surface area contributed by atoms with Gasteiger partial charge < -0.3 is 8.98 Å². The molecule has 2 aliphatic carbocycles. The van der Waals surface area contributed by atoms with E-state index in [-0.39, 0.29) is 5.41 Å². The van der Waals surface area contributed by atoms with Crippen molar-refractivity contribution in [3.05, 3.63) is 198 Å². The van der Waals surface area contributed by atoms with E-state index in [1.165, 1.54) is 71.9 Å². The lowest BCUT2D eigenvalue weighted by Crippen LogP contribution is -2.25. The van der Waals surface area contributed by atoms with Crippen LogP contribution >= 0.6 is 0 Å². The summed E-state index contributed by atoms with van der Waals surface area (Å²) >= 11 is 0. The molecule has 0 atom stereocenters. The Balaban J connectivity index is 1.11. The van der Waals surface area contributed by atoms with E-state index in [0.717, 1.165) is 33.1 Å². The molecule has 0 amide bonds. The minimum Gasteiger partial charge on any atom is -0.454 e. The van der Waals surface area contributed by atoms with Gasteiger partial charge in [-0.3, -0.25) is 0 Å². The Bertz CT molecular complexity index is 3040. The van der Waals surface area contributed by atoms with Gasteiger partial charge in [0.05, 0.1) is 16.4 Å². The number of para-hydroxylation sites is 2. The zero-order valence-electron chi connectivity index (χ0n) is 27.6. The third-order valence-corrected chi connectivity index (χ3v) is 11.6. The van der Waals surface area contributed by atoms with Gasteiger partial charge in [0.15, 0.2) is 5.58 Å². The van der Waals surface area contributed by atoms with E-state index in [0.29, 0.717) is 0 Å². The second kappa shape index (κ2) is 9.74. The Kier molecular flexibility index (Phi) is 5.20. The molecule has 12 rings (SSSR count). The standard InChI is InChI=1S/C49H29NO/c1-6-19-41-33(14-1)34-15-2-7-20-42(34)49(41)43-21-8-3-16-35(43)36-25-24-31(29-44(36)49)30-12-11-13-32(28-30)50-45-22-9-4-17-37(45)39-26-27-40-38-18-5-10-23-46(38)51-48(40)47(39)50/h1-29H. The monoisotopic (exact) mass is 647 g/mol. The van der Waals surface area contributed by atoms with Crippen molar-refractivity contribution in [3.63, 3.8) is 0 Å². The van der Waals surface area contributed by atoms with Crippen LogP contribution in [0.1, 0.15) is 22.3 Å². The van der Waals surface area contributed by atoms with Crippen LogP contribution in [0.3, 0.4) is 0 Å². The minimum atomic E-state index is -0.369. The predicted octanol–water partition coefficient (Wildman–Crippen LogP) is 12.7. The molecule has 2 heterocycles. The fourth-order valence-electron chi connectivity index (χ4n) is 9.60. The smallest absolute Gasteiger partial charge is 0.160 e. The van der Waals surface area contributed by atoms with E-state index in [1.54, 1.807) is 0 Å². The summed E-state index contributed by atoms with van der Waals surface area (Å²) in [5, 5.41) is 4.69. The number of furan rings is 1. The van der Waals surface area contributed by atoms with Crippen molar-refractivity contribution in [1.82, 2.24) is 4.57 Å². The Morgan fingerprint density at radius 2 is 0.980 bits per heavy atom. The molecule has 0 fully saturated rings. The molecule has 8 aromatic carbocycles. The van der Waals surface area contributed by atoms with Crippen LogP contribution in [-0.4, -0.2) is 4.57 Å². The molecule has 10 aromatic rings. The zero-order chi connectivity index (χ0) is 33.3. The first-order chi connectivity index (χ1) is 25.3. The van der Waals surface area contributed by atoms with Gasteiger partial charge in [0.2, 0.25) is 0 Å². The average molecular weight is 648 g/mol. The van der Waals surface area contributed by atoms with Gasteiger partial charge in [-0.25, -0.2) is 0 Å². The van der Waals surface area contributed by atoms with Crippen molar-refractivity contribution < 1.29 is 4.42 Å². The maximum Gasteiger partial charge on any atom is 0.160 e. The molecule has 0 aliphatic heterocycles. The van der Waals surface area contributed by atoms with Crippen LogP contribution in [0, 0.1) is 0 Å². The van der Waals surface area contributed by atoms with Crippen LogP contribution in [0.25, 0.3) is 82.8 Å². The van der Waals surface area contributed by atoms with Crippen LogP contribution in [0.5, 0.6) is 0 Å². The molecule has 236 valence electrons. The van der Waals surface area contributed by atoms with Crippen molar-refractivity contribution in [1.29, 1.82) is 0 Å². The van der Waals surface area contributed by atoms with Gasteiger partial charge in [-0.15, -0.1) is 0 Å². The number of rotatable bonds is 2. The number of hydrogen-bond donors (Lipinski definition) is 0. The number of nitrogens with zero attached hydrogens (tertiary/aromatic N) is 1. The van der Waals surface area contributed by atoms with E-state index in [2.05, 4.69) is 174 Å². The quantitative estimate of drug-likeness (QED) is 0.183. The van der Waals surface area contributed by atoms with Crippen molar-refractivity contribution in [2.24, 2.45) is 0 Å². The molecular formula is C49H29NO. The highest BCUT2D eigenvalue weighted by atomic mass is 16.3. The van der Waals surface area contributed by atoms with Crippen molar-refractivity contribution in [2.75, 3.05) is 0 Å². The maximum absolute atomic E-state index is 6.64. The molecular weight excluding hydrogens is 619 g/mol. The second-order valence-electron chi connectivity index (χ2n) is 14.0. The molecule has 2 heteroatoms. The van der Waals surface area contributed by atoms with Crippen molar-refractivity contribution in [3.8, 4) is 39.1 Å². The fraction of sp³-hybridized carbons (Fsp3) is 0.0204. The van der Waals surface area contributed by atoms with Crippen LogP contribution in [0.2, 0.25) is 0 Å². The van der Waals surface area contributed by atoms with Gasteiger partial charge in [-0.05, 0) is 92.0 Å². The highest BCUT2D eigenvalue weighted by Gasteiger charge is 2.51. The molecule has 0 saturated carbocycles. The van der Waals surface area contributed by atoms with Crippen LogP contribution in [0.15, 0.2) is 180 Å². The minimum absolute atomic E-state index is 0.369. The molecule has 0 N–H and O–H groups in total. The summed E-state index contributed by atoms with van der Waals surface area (Å²) in [7, 11) is 0. The summed E-state index contributed by atoms with van der Waals surface area (Å²) in [5.41, 5.74) is 18.0. The van der Waals surface area contributed by atoms with Gasteiger partial charge in [-0.2, -0.15) is 0 Å². The maximum atomic E-state index is 6.64. The molecule has 2 nitrogen and oxygen atoms in total. The van der Waals surface area contributed by atoms with E-state index >= 15 is 0 Å². The van der Waals surface area contributed by atoms with Gasteiger partial charge in [0.1, 0.15) is 5.58 Å². The van der Waals surface area contributed by atoms with Crippen LogP contribution < -0.4 is 0 Å². The molecule has 51 heavy (non-hydrogen) atoms. The summed E-state index contributed by atoms with van der Waals surface area (Å²) in [6.45, 7) is 0. The van der Waals surface area contributed by atoms with E-state index in [9.17, 15) is 0 Å². The molecule has 0 bridgehead atoms. The highest BCUT2D eigenvalue weighted by Crippen LogP contribution is 2.63. The third kappa shape index (κ3) is 3.37. The first-order valence-electron chi connectivity index (χ1n) is 17.7. The van der Waals surface area contributed by atoms with Crippen LogP contribution in [-0.2, 0) is 5.41 Å². The number of hydrogen-bond acceptors (Lipinski definition) is 1. The van der Waals surface area contributed by atoms with Gasteiger partial charge in [0, 0.05) is 27.2 Å². The largest absolute Gasteiger partial charge is 0.454 e. The van der Waals surface area contributed by atoms with E-state index in [4.69, 9.17) is 4.42 Å². The van der Waals surface area contributed by atoms with Crippen molar-refractivity contribution >= 4 is 43.7 Å². The molecule has 2 aromatic heterocycles. The summed E-state index contributed by atoms with van der Waals surface area (Å²) in [6, 6.07) is 64.7. The Hall–Kier alpha value is -6.64. The zero-order valence-corrected chi connectivity index (χ0v) is 27.6. The molecule has 0 radical (unpaired) electrons. The van der Waals surface area contributed by atoms with Gasteiger partial charge in [0.25, 0.3) is 0 Å². The van der Waals surface area contributed by atoms with Gasteiger partial charge >= 0.3 is 0 Å². The summed E-state index contributed by atoms with van der Waals surface area (Å²) in [6.07, 6.45) is 0. The normalized spacial score (nSPS) is 13.6. The van der Waals surface area contributed by atoms with E-state index < -0.39 is 0 Å². The van der Waals surface area contributed by atoms with Crippen LogP contribution in [0.4, 0.5) is 0 Å². The fourth-order valence-corrected chi connectivity index (χ4v) is 9.60. The predicted molar refractivity (Wildman–Crippen MR) is 210 cm³/mol. The lowest BCUT2D eigenvalue weighted by atomic mass is 9.70. The molecule has 0 saturated heterocycles. The lowest BCUT2D eigenvalue weighted by molar-refractivity contribution is 0.671. The Morgan fingerprint density at radius 3 is 1.73 bits per heavy atom. The molecule has 1 spiro atoms. The summed E-state index contributed by atoms with van der Waals surface area (Å²) < 4.78 is 9.04. The third-order valence-electron chi connectivity index (χ3n) is 11.6. The van der Waals surface area contributed by atoms with Gasteiger partial charge in [-0.1, -0.05) is 140 Å². The average Bonchev–Trinajstić information content (AvgIpc) is 3.91. The Labute approximate surface area is 294 Å². The summed E-state index contributed by atoms with van der Waals surface area (Å²) in [5.74, 6) is 0. The number of benzene rings is 8.